The van der Waals surface area contributed by atoms with E-state index in [0.29, 0.717) is 27.9 Å². The summed E-state index contributed by atoms with van der Waals surface area (Å²) >= 11 is 9.88. The summed E-state index contributed by atoms with van der Waals surface area (Å²) in [6.07, 6.45) is -4.82. The highest BCUT2D eigenvalue weighted by Gasteiger charge is 2.41. The van der Waals surface area contributed by atoms with Gasteiger partial charge >= 0.3 is 6.18 Å². The number of ether oxygens (including phenoxy) is 1. The molecule has 5 rings (SSSR count). The minimum Gasteiger partial charge on any atom is -0.497 e. The Morgan fingerprint density at radius 1 is 1.02 bits per heavy atom. The molecule has 0 saturated heterocycles. The monoisotopic (exact) mass is 663 g/mol. The summed E-state index contributed by atoms with van der Waals surface area (Å²) in [5, 5.41) is 0.174. The third-order valence-corrected chi connectivity index (χ3v) is 7.53. The van der Waals surface area contributed by atoms with Crippen molar-refractivity contribution >= 4 is 45.0 Å². The Morgan fingerprint density at radius 2 is 1.74 bits per heavy atom. The van der Waals surface area contributed by atoms with E-state index >= 15 is 0 Å². The molecule has 42 heavy (non-hydrogen) atoms. The van der Waals surface area contributed by atoms with Crippen molar-refractivity contribution < 1.29 is 31.5 Å². The van der Waals surface area contributed by atoms with Crippen molar-refractivity contribution in [3.05, 3.63) is 127 Å². The van der Waals surface area contributed by atoms with Crippen LogP contribution in [-0.2, 0) is 12.7 Å². The molecule has 0 spiro atoms. The molecule has 216 valence electrons. The molecule has 0 radical (unpaired) electrons. The number of carbonyl (C=O) groups excluding carboxylic acids is 1. The third kappa shape index (κ3) is 5.84. The number of halogens is 7. The minimum absolute atomic E-state index is 0.0874. The lowest BCUT2D eigenvalue weighted by Gasteiger charge is -2.27. The van der Waals surface area contributed by atoms with Gasteiger partial charge in [0.15, 0.2) is 0 Å². The lowest BCUT2D eigenvalue weighted by atomic mass is 9.95. The van der Waals surface area contributed by atoms with Crippen LogP contribution in [0, 0.1) is 11.6 Å². The molecule has 0 saturated carbocycles. The van der Waals surface area contributed by atoms with Crippen LogP contribution in [0.2, 0.25) is 5.02 Å². The Labute approximate surface area is 250 Å². The first kappa shape index (κ1) is 29.5. The lowest BCUT2D eigenvalue weighted by Crippen LogP contribution is -2.28. The molecule has 1 aliphatic heterocycles. The van der Waals surface area contributed by atoms with Crippen LogP contribution in [0.4, 0.5) is 27.6 Å². The highest BCUT2D eigenvalue weighted by molar-refractivity contribution is 9.10. The van der Waals surface area contributed by atoms with Gasteiger partial charge in [-0.25, -0.2) is 13.8 Å². The number of hydrogen-bond acceptors (Lipinski definition) is 3. The second-order valence-electron chi connectivity index (χ2n) is 9.46. The van der Waals surface area contributed by atoms with Crippen LogP contribution in [0.5, 0.6) is 5.75 Å². The molecule has 4 aromatic rings. The van der Waals surface area contributed by atoms with Crippen LogP contribution in [0.15, 0.2) is 82.3 Å². The van der Waals surface area contributed by atoms with Gasteiger partial charge in [-0.3, -0.25) is 4.79 Å². The Bertz CT molecular complexity index is 1730. The molecule has 5 nitrogen and oxygen atoms in total. The molecule has 1 amide bonds. The largest absolute Gasteiger partial charge is 0.497 e. The highest BCUT2D eigenvalue weighted by atomic mass is 79.9. The number of alkyl halides is 3. The summed E-state index contributed by atoms with van der Waals surface area (Å²) in [5.74, 6) is -1.98. The Kier molecular flexibility index (Phi) is 8.00. The summed E-state index contributed by atoms with van der Waals surface area (Å²) in [6.45, 7) is 0.0874. The summed E-state index contributed by atoms with van der Waals surface area (Å²) in [6, 6.07) is 14.7. The molecule has 0 aromatic heterocycles. The lowest BCUT2D eigenvalue weighted by molar-refractivity contribution is -0.137. The zero-order valence-corrected chi connectivity index (χ0v) is 24.0. The first-order valence-corrected chi connectivity index (χ1v) is 13.5. The van der Waals surface area contributed by atoms with E-state index in [1.807, 2.05) is 0 Å². The number of amides is 1. The van der Waals surface area contributed by atoms with Gasteiger partial charge in [0, 0.05) is 38.3 Å². The van der Waals surface area contributed by atoms with Gasteiger partial charge in [-0.05, 0) is 66.2 Å². The number of nitrogens with two attached hydrogens (primary N) is 1. The number of rotatable bonds is 6. The maximum absolute atomic E-state index is 14.5. The maximum atomic E-state index is 14.5. The minimum atomic E-state index is -4.82. The second-order valence-corrected chi connectivity index (χ2v) is 10.8. The van der Waals surface area contributed by atoms with Gasteiger partial charge < -0.3 is 15.4 Å². The standard InChI is InChI=1S/C30H20BrClF5N3O2/c1-42-21-5-2-15(3-6-21)14-40-27(22-13-19(33)4-7-24(22)32)26-23(29(40)41)11-18(31)12-25(26)39-28(38)16-8-17(30(35,36)37)10-20(34)9-16/h2-13,27H,14H2,1H3,(H2,38,39). The topological polar surface area (TPSA) is 67.9 Å². The van der Waals surface area contributed by atoms with E-state index in [4.69, 9.17) is 22.1 Å². The number of carbonyl (C=O) groups is 1. The van der Waals surface area contributed by atoms with E-state index in [9.17, 15) is 26.7 Å². The summed E-state index contributed by atoms with van der Waals surface area (Å²) < 4.78 is 74.3. The van der Waals surface area contributed by atoms with Gasteiger partial charge in [-0.1, -0.05) is 39.7 Å². The molecule has 0 bridgehead atoms. The maximum Gasteiger partial charge on any atom is 0.416 e. The number of nitrogens with zero attached hydrogens (tertiary/aromatic N) is 2. The van der Waals surface area contributed by atoms with Crippen LogP contribution in [-0.4, -0.2) is 23.8 Å². The number of amidine groups is 1. The molecular formula is C30H20BrClF5N3O2. The van der Waals surface area contributed by atoms with Crippen molar-refractivity contribution in [2.75, 3.05) is 7.11 Å². The molecule has 4 aromatic carbocycles. The van der Waals surface area contributed by atoms with Crippen LogP contribution >= 0.6 is 27.5 Å². The van der Waals surface area contributed by atoms with Crippen molar-refractivity contribution in [1.82, 2.24) is 4.90 Å². The molecule has 1 atom stereocenters. The van der Waals surface area contributed by atoms with Crippen LogP contribution in [0.1, 0.15) is 44.2 Å². The first-order chi connectivity index (χ1) is 19.8. The summed E-state index contributed by atoms with van der Waals surface area (Å²) in [4.78, 5) is 19.7. The summed E-state index contributed by atoms with van der Waals surface area (Å²) in [5.41, 5.74) is 6.17. The van der Waals surface area contributed by atoms with Gasteiger partial charge in [0.2, 0.25) is 0 Å². The quantitative estimate of drug-likeness (QED) is 0.128. The molecule has 1 unspecified atom stereocenters. The van der Waals surface area contributed by atoms with E-state index in [-0.39, 0.29) is 33.9 Å². The summed E-state index contributed by atoms with van der Waals surface area (Å²) in [7, 11) is 1.52. The fourth-order valence-corrected chi connectivity index (χ4v) is 5.49. The Hall–Kier alpha value is -3.96. The van der Waals surface area contributed by atoms with E-state index in [1.54, 1.807) is 30.3 Å². The average Bonchev–Trinajstić information content (AvgIpc) is 3.20. The van der Waals surface area contributed by atoms with Gasteiger partial charge in [0.25, 0.3) is 5.91 Å². The average molecular weight is 665 g/mol. The SMILES string of the molecule is COc1ccc(CN2C(=O)c3cc(Br)cc(N=C(N)c4cc(F)cc(C(F)(F)F)c4)c3C2c2cc(F)ccc2Cl)cc1. The fraction of sp³-hybridized carbons (Fsp3) is 0.133. The van der Waals surface area contributed by atoms with Crippen molar-refractivity contribution in [3.63, 3.8) is 0 Å². The highest BCUT2D eigenvalue weighted by Crippen LogP contribution is 2.47. The van der Waals surface area contributed by atoms with Gasteiger partial charge in [-0.15, -0.1) is 0 Å². The Balaban J connectivity index is 1.68. The molecule has 1 aliphatic rings. The normalized spacial score (nSPS) is 15.2. The molecule has 0 fully saturated rings. The van der Waals surface area contributed by atoms with Crippen molar-refractivity contribution in [1.29, 1.82) is 0 Å². The van der Waals surface area contributed by atoms with Gasteiger partial charge in [-0.2, -0.15) is 13.2 Å². The van der Waals surface area contributed by atoms with Crippen LogP contribution in [0.25, 0.3) is 0 Å². The van der Waals surface area contributed by atoms with Crippen LogP contribution in [0.3, 0.4) is 0 Å². The first-order valence-electron chi connectivity index (χ1n) is 12.3. The van der Waals surface area contributed by atoms with Gasteiger partial charge in [0.1, 0.15) is 23.2 Å². The van der Waals surface area contributed by atoms with Crippen molar-refractivity contribution in [2.45, 2.75) is 18.8 Å². The van der Waals surface area contributed by atoms with Crippen molar-refractivity contribution in [3.8, 4) is 5.75 Å². The molecule has 2 N–H and O–H groups in total. The number of aliphatic imine (C=N–C) groups is 1. The van der Waals surface area contributed by atoms with Crippen molar-refractivity contribution in [2.24, 2.45) is 10.7 Å². The zero-order valence-electron chi connectivity index (χ0n) is 21.6. The number of hydrogen-bond donors (Lipinski definition) is 1. The van der Waals surface area contributed by atoms with E-state index in [2.05, 4.69) is 20.9 Å². The van der Waals surface area contributed by atoms with E-state index < -0.39 is 41.2 Å². The number of fused-ring (bicyclic) bond motifs is 1. The van der Waals surface area contributed by atoms with E-state index in [1.165, 1.54) is 36.3 Å². The fourth-order valence-electron chi connectivity index (χ4n) is 4.82. The molecular weight excluding hydrogens is 645 g/mol. The molecule has 1 heterocycles. The van der Waals surface area contributed by atoms with E-state index in [0.717, 1.165) is 11.6 Å². The van der Waals surface area contributed by atoms with Gasteiger partial charge in [0.05, 0.1) is 24.4 Å². The zero-order chi connectivity index (χ0) is 30.3. The Morgan fingerprint density at radius 3 is 2.40 bits per heavy atom. The van der Waals surface area contributed by atoms with Crippen LogP contribution < -0.4 is 10.5 Å². The predicted molar refractivity (Wildman–Crippen MR) is 152 cm³/mol. The molecule has 12 heteroatoms. The molecule has 0 aliphatic carbocycles. The third-order valence-electron chi connectivity index (χ3n) is 6.73. The number of benzene rings is 4. The number of methoxy groups -OCH3 is 1. The smallest absolute Gasteiger partial charge is 0.416 e. The predicted octanol–water partition coefficient (Wildman–Crippen LogP) is 8.19. The second kappa shape index (κ2) is 11.4.